The van der Waals surface area contributed by atoms with Crippen molar-refractivity contribution in [2.24, 2.45) is 4.40 Å². The lowest BCUT2D eigenvalue weighted by atomic mass is 10.3. The zero-order valence-corrected chi connectivity index (χ0v) is 13.1. The van der Waals surface area contributed by atoms with E-state index in [-0.39, 0.29) is 4.75 Å². The first kappa shape index (κ1) is 15.4. The first-order valence-corrected chi connectivity index (χ1v) is 7.71. The third-order valence-corrected chi connectivity index (χ3v) is 3.89. The van der Waals surface area contributed by atoms with Crippen LogP contribution >= 0.6 is 0 Å². The number of para-hydroxylation sites is 1. The molecule has 5 heteroatoms. The quantitative estimate of drug-likeness (QED) is 0.808. The Hall–Kier alpha value is -2.01. The summed E-state index contributed by atoms with van der Waals surface area (Å²) in [6.07, 6.45) is 3.21. The van der Waals surface area contributed by atoms with E-state index < -0.39 is 11.0 Å². The Bertz CT molecular complexity index is 632. The second-order valence-electron chi connectivity index (χ2n) is 5.44. The van der Waals surface area contributed by atoms with E-state index in [2.05, 4.69) is 9.38 Å². The first-order valence-electron chi connectivity index (χ1n) is 6.60. The highest BCUT2D eigenvalue weighted by Gasteiger charge is 2.18. The Morgan fingerprint density at radius 1 is 1.14 bits per heavy atom. The molecule has 0 aliphatic rings. The minimum atomic E-state index is -1.26. The lowest BCUT2D eigenvalue weighted by molar-refractivity contribution is 0.463. The molecule has 0 fully saturated rings. The number of nitrogens with zero attached hydrogens (tertiary/aromatic N) is 2. The molecule has 0 saturated carbocycles. The average molecular weight is 302 g/mol. The molecule has 110 valence electrons. The maximum absolute atomic E-state index is 11.8. The summed E-state index contributed by atoms with van der Waals surface area (Å²) in [5, 5.41) is 0. The van der Waals surface area contributed by atoms with E-state index in [1.807, 2.05) is 57.2 Å². The zero-order chi connectivity index (χ0) is 15.3. The van der Waals surface area contributed by atoms with Gasteiger partial charge in [0, 0.05) is 24.0 Å². The molecule has 0 amide bonds. The third-order valence-electron chi connectivity index (χ3n) is 2.55. The molecular weight excluding hydrogens is 284 g/mol. The van der Waals surface area contributed by atoms with Crippen LogP contribution in [0.1, 0.15) is 26.3 Å². The molecule has 0 aliphatic carbocycles. The molecule has 2 aromatic rings. The van der Waals surface area contributed by atoms with Gasteiger partial charge in [-0.2, -0.15) is 4.40 Å². The Morgan fingerprint density at radius 3 is 2.43 bits per heavy atom. The van der Waals surface area contributed by atoms with Crippen LogP contribution in [-0.2, 0) is 11.0 Å². The van der Waals surface area contributed by atoms with Crippen molar-refractivity contribution in [2.45, 2.75) is 25.5 Å². The molecule has 1 heterocycles. The largest absolute Gasteiger partial charge is 0.439 e. The SMILES string of the molecule is CC(C)(C)S(=O)N=Cc1ccc(Oc2ccccc2)nc1. The molecule has 2 rings (SSSR count). The van der Waals surface area contributed by atoms with Gasteiger partial charge in [-0.3, -0.25) is 0 Å². The van der Waals surface area contributed by atoms with Crippen LogP contribution in [0.25, 0.3) is 0 Å². The van der Waals surface area contributed by atoms with Crippen LogP contribution in [0, 0.1) is 0 Å². The molecular formula is C16H18N2O2S. The summed E-state index contributed by atoms with van der Waals surface area (Å²) in [6, 6.07) is 13.0. The van der Waals surface area contributed by atoms with Crippen LogP contribution in [0.4, 0.5) is 0 Å². The van der Waals surface area contributed by atoms with E-state index in [1.165, 1.54) is 0 Å². The van der Waals surface area contributed by atoms with E-state index >= 15 is 0 Å². The number of rotatable bonds is 4. The number of pyridine rings is 1. The minimum Gasteiger partial charge on any atom is -0.439 e. The number of ether oxygens (including phenoxy) is 1. The van der Waals surface area contributed by atoms with E-state index in [0.717, 1.165) is 11.3 Å². The van der Waals surface area contributed by atoms with Gasteiger partial charge in [0.15, 0.2) is 0 Å². The average Bonchev–Trinajstić information content (AvgIpc) is 2.46. The summed E-state index contributed by atoms with van der Waals surface area (Å²) in [4.78, 5) is 4.20. The van der Waals surface area contributed by atoms with Crippen molar-refractivity contribution in [3.8, 4) is 11.6 Å². The monoisotopic (exact) mass is 302 g/mol. The molecule has 0 saturated heterocycles. The summed E-state index contributed by atoms with van der Waals surface area (Å²) in [7, 11) is -1.26. The van der Waals surface area contributed by atoms with Gasteiger partial charge < -0.3 is 4.74 Å². The lowest BCUT2D eigenvalue weighted by Crippen LogP contribution is -2.19. The van der Waals surface area contributed by atoms with Gasteiger partial charge in [-0.1, -0.05) is 18.2 Å². The molecule has 0 spiro atoms. The van der Waals surface area contributed by atoms with Crippen molar-refractivity contribution >= 4 is 17.2 Å². The van der Waals surface area contributed by atoms with Crippen molar-refractivity contribution in [3.63, 3.8) is 0 Å². The van der Waals surface area contributed by atoms with Crippen molar-refractivity contribution < 1.29 is 8.95 Å². The lowest BCUT2D eigenvalue weighted by Gasteiger charge is -2.12. The van der Waals surface area contributed by atoms with Crippen molar-refractivity contribution in [1.29, 1.82) is 0 Å². The molecule has 0 bridgehead atoms. The van der Waals surface area contributed by atoms with Crippen molar-refractivity contribution in [2.75, 3.05) is 0 Å². The molecule has 0 N–H and O–H groups in total. The summed E-state index contributed by atoms with van der Waals surface area (Å²) in [5.41, 5.74) is 0.785. The normalized spacial score (nSPS) is 13.3. The smallest absolute Gasteiger partial charge is 0.219 e. The highest BCUT2D eigenvalue weighted by molar-refractivity contribution is 7.85. The van der Waals surface area contributed by atoms with Gasteiger partial charge in [0.25, 0.3) is 0 Å². The fourth-order valence-corrected chi connectivity index (χ4v) is 1.94. The number of hydrogen-bond acceptors (Lipinski definition) is 3. The van der Waals surface area contributed by atoms with E-state index in [1.54, 1.807) is 18.5 Å². The number of hydrogen-bond donors (Lipinski definition) is 0. The molecule has 1 atom stereocenters. The van der Waals surface area contributed by atoms with E-state index in [9.17, 15) is 4.21 Å². The van der Waals surface area contributed by atoms with Gasteiger partial charge in [0.1, 0.15) is 16.7 Å². The van der Waals surface area contributed by atoms with Gasteiger partial charge in [-0.25, -0.2) is 9.19 Å². The predicted octanol–water partition coefficient (Wildman–Crippen LogP) is 3.76. The molecule has 1 unspecified atom stereocenters. The van der Waals surface area contributed by atoms with Gasteiger partial charge in [0.2, 0.25) is 5.88 Å². The summed E-state index contributed by atoms with van der Waals surface area (Å²) >= 11 is 0. The van der Waals surface area contributed by atoms with Crippen molar-refractivity contribution in [3.05, 3.63) is 54.2 Å². The Balaban J connectivity index is 2.03. The van der Waals surface area contributed by atoms with Gasteiger partial charge in [0.05, 0.1) is 4.75 Å². The second-order valence-corrected chi connectivity index (χ2v) is 7.37. The van der Waals surface area contributed by atoms with E-state index in [0.29, 0.717) is 5.88 Å². The molecule has 21 heavy (non-hydrogen) atoms. The van der Waals surface area contributed by atoms with Crippen LogP contribution in [0.15, 0.2) is 53.1 Å². The minimum absolute atomic E-state index is 0.361. The third kappa shape index (κ3) is 4.79. The van der Waals surface area contributed by atoms with Crippen LogP contribution in [0.3, 0.4) is 0 Å². The topological polar surface area (TPSA) is 51.5 Å². The molecule has 0 aliphatic heterocycles. The Morgan fingerprint density at radius 2 is 1.86 bits per heavy atom. The molecule has 0 radical (unpaired) electrons. The highest BCUT2D eigenvalue weighted by atomic mass is 32.2. The second kappa shape index (κ2) is 6.63. The highest BCUT2D eigenvalue weighted by Crippen LogP contribution is 2.18. The van der Waals surface area contributed by atoms with Gasteiger partial charge >= 0.3 is 0 Å². The zero-order valence-electron chi connectivity index (χ0n) is 12.3. The Labute approximate surface area is 127 Å². The standard InChI is InChI=1S/C16H18N2O2S/c1-16(2,3)21(19)18-12-13-9-10-15(17-11-13)20-14-7-5-4-6-8-14/h4-12H,1-3H3. The Kier molecular flexibility index (Phi) is 4.85. The van der Waals surface area contributed by atoms with Gasteiger partial charge in [-0.05, 0) is 39.0 Å². The summed E-state index contributed by atoms with van der Waals surface area (Å²) < 4.78 is 21.1. The van der Waals surface area contributed by atoms with Crippen LogP contribution in [-0.4, -0.2) is 20.2 Å². The van der Waals surface area contributed by atoms with Crippen LogP contribution < -0.4 is 4.74 Å². The van der Waals surface area contributed by atoms with Gasteiger partial charge in [-0.15, -0.1) is 0 Å². The number of aromatic nitrogens is 1. The van der Waals surface area contributed by atoms with E-state index in [4.69, 9.17) is 4.74 Å². The maximum Gasteiger partial charge on any atom is 0.219 e. The van der Waals surface area contributed by atoms with Crippen molar-refractivity contribution in [1.82, 2.24) is 4.98 Å². The molecule has 1 aromatic carbocycles. The maximum atomic E-state index is 11.8. The predicted molar refractivity (Wildman–Crippen MR) is 86.2 cm³/mol. The first-order chi connectivity index (χ1) is 9.95. The number of benzene rings is 1. The fourth-order valence-electron chi connectivity index (χ4n) is 1.40. The summed E-state index contributed by atoms with van der Waals surface area (Å²) in [5.74, 6) is 1.25. The molecule has 4 nitrogen and oxygen atoms in total. The summed E-state index contributed by atoms with van der Waals surface area (Å²) in [6.45, 7) is 5.65. The fraction of sp³-hybridized carbons (Fsp3) is 0.250. The van der Waals surface area contributed by atoms with Crippen LogP contribution in [0.5, 0.6) is 11.6 Å². The van der Waals surface area contributed by atoms with Crippen LogP contribution in [0.2, 0.25) is 0 Å². The molecule has 1 aromatic heterocycles.